The molecule has 1 aliphatic heterocycles. The molecule has 4 aromatic rings. The van der Waals surface area contributed by atoms with Crippen molar-refractivity contribution in [3.63, 3.8) is 0 Å². The highest BCUT2D eigenvalue weighted by atomic mass is 35.5. The Balaban J connectivity index is 1.74. The summed E-state index contributed by atoms with van der Waals surface area (Å²) in [6.07, 6.45) is 3.57. The Morgan fingerprint density at radius 3 is 2.50 bits per heavy atom. The summed E-state index contributed by atoms with van der Waals surface area (Å²) < 4.78 is 13.3. The van der Waals surface area contributed by atoms with Crippen molar-refractivity contribution < 1.29 is 19.1 Å². The quantitative estimate of drug-likeness (QED) is 0.376. The number of nitrogens with zero attached hydrogens (tertiary/aromatic N) is 2. The van der Waals surface area contributed by atoms with Crippen LogP contribution in [0.15, 0.2) is 53.6 Å². The van der Waals surface area contributed by atoms with Gasteiger partial charge in [-0.25, -0.2) is 0 Å². The lowest BCUT2D eigenvalue weighted by molar-refractivity contribution is -0.122. The first-order valence-electron chi connectivity index (χ1n) is 11.4. The number of ether oxygens (including phenoxy) is 2. The number of halogens is 1. The molecule has 2 aromatic carbocycles. The van der Waals surface area contributed by atoms with Gasteiger partial charge < -0.3 is 19.0 Å². The number of fused-ring (bicyclic) bond motifs is 1. The summed E-state index contributed by atoms with van der Waals surface area (Å²) in [5, 5.41) is 1.06. The molecule has 2 amide bonds. The van der Waals surface area contributed by atoms with Gasteiger partial charge in [-0.2, -0.15) is 0 Å². The normalized spacial score (nSPS) is 15.7. The van der Waals surface area contributed by atoms with Gasteiger partial charge in [0.1, 0.15) is 22.8 Å². The van der Waals surface area contributed by atoms with E-state index in [9.17, 15) is 14.4 Å². The highest BCUT2D eigenvalue weighted by molar-refractivity contribution is 6.32. The fourth-order valence-corrected chi connectivity index (χ4v) is 4.84. The van der Waals surface area contributed by atoms with E-state index in [0.717, 1.165) is 0 Å². The first-order chi connectivity index (χ1) is 17.2. The molecule has 0 radical (unpaired) electrons. The zero-order valence-electron chi connectivity index (χ0n) is 20.2. The van der Waals surface area contributed by atoms with Crippen LogP contribution in [0, 0.1) is 12.8 Å². The average molecular weight is 506 g/mol. The molecule has 184 valence electrons. The molecule has 2 aromatic heterocycles. The molecule has 1 aliphatic rings. The molecular formula is C27H24ClN3O5. The minimum absolute atomic E-state index is 0.164. The zero-order chi connectivity index (χ0) is 25.7. The zero-order valence-corrected chi connectivity index (χ0v) is 21.0. The first-order valence-corrected chi connectivity index (χ1v) is 11.8. The fraction of sp³-hybridized carbons (Fsp3) is 0.222. The number of H-pyrrole nitrogens is 1. The van der Waals surface area contributed by atoms with Crippen LogP contribution >= 0.6 is 11.6 Å². The molecule has 0 spiro atoms. The Kier molecular flexibility index (Phi) is 5.84. The highest BCUT2D eigenvalue weighted by Gasteiger charge is 2.38. The third kappa shape index (κ3) is 3.83. The van der Waals surface area contributed by atoms with Crippen molar-refractivity contribution in [3.05, 3.63) is 69.7 Å². The van der Waals surface area contributed by atoms with Crippen molar-refractivity contribution in [3.8, 4) is 28.4 Å². The van der Waals surface area contributed by atoms with E-state index in [-0.39, 0.29) is 29.7 Å². The first kappa shape index (κ1) is 23.7. The van der Waals surface area contributed by atoms with E-state index in [1.807, 2.05) is 19.2 Å². The van der Waals surface area contributed by atoms with Crippen LogP contribution in [0.4, 0.5) is 5.69 Å². The maximum absolute atomic E-state index is 12.9. The molecule has 8 nitrogen and oxygen atoms in total. The van der Waals surface area contributed by atoms with E-state index in [1.165, 1.54) is 4.90 Å². The number of methoxy groups -OCH3 is 1. The average Bonchev–Trinajstić information content (AvgIpc) is 3.31. The number of benzene rings is 2. The summed E-state index contributed by atoms with van der Waals surface area (Å²) >= 11 is 6.45. The van der Waals surface area contributed by atoms with E-state index < -0.39 is 0 Å². The van der Waals surface area contributed by atoms with Crippen LogP contribution in [0.5, 0.6) is 17.2 Å². The van der Waals surface area contributed by atoms with Gasteiger partial charge in [0.2, 0.25) is 11.8 Å². The van der Waals surface area contributed by atoms with Crippen LogP contribution in [0.2, 0.25) is 5.02 Å². The predicted molar refractivity (Wildman–Crippen MR) is 138 cm³/mol. The topological polar surface area (TPSA) is 93.6 Å². The van der Waals surface area contributed by atoms with E-state index >= 15 is 0 Å². The maximum atomic E-state index is 12.9. The van der Waals surface area contributed by atoms with Gasteiger partial charge in [-0.15, -0.1) is 0 Å². The largest absolute Gasteiger partial charge is 0.497 e. The molecule has 1 unspecified atom stereocenters. The number of aromatic amines is 1. The second kappa shape index (κ2) is 8.87. The monoisotopic (exact) mass is 505 g/mol. The Bertz CT molecular complexity index is 1600. The lowest BCUT2D eigenvalue weighted by Crippen LogP contribution is -2.30. The number of hydrogen-bond acceptors (Lipinski definition) is 5. The second-order valence-electron chi connectivity index (χ2n) is 8.93. The summed E-state index contributed by atoms with van der Waals surface area (Å²) in [5.74, 6) is 0.588. The molecule has 0 aliphatic carbocycles. The number of carbonyl (C=O) groups is 2. The van der Waals surface area contributed by atoms with Crippen LogP contribution in [0.25, 0.3) is 22.0 Å². The number of carbonyl (C=O) groups excluding carboxylic acids is 2. The molecule has 9 heteroatoms. The van der Waals surface area contributed by atoms with Gasteiger partial charge in [0, 0.05) is 54.4 Å². The molecule has 5 rings (SSSR count). The number of aromatic nitrogens is 2. The highest BCUT2D eigenvalue weighted by Crippen LogP contribution is 2.44. The molecule has 0 saturated carbocycles. The number of aryl methyl sites for hydroxylation is 2. The molecule has 1 N–H and O–H groups in total. The van der Waals surface area contributed by atoms with Crippen molar-refractivity contribution in [2.45, 2.75) is 20.3 Å². The third-order valence-electron chi connectivity index (χ3n) is 6.46. The maximum Gasteiger partial charge on any atom is 0.272 e. The molecule has 1 saturated heterocycles. The minimum Gasteiger partial charge on any atom is -0.497 e. The smallest absolute Gasteiger partial charge is 0.272 e. The molecule has 36 heavy (non-hydrogen) atoms. The van der Waals surface area contributed by atoms with E-state index in [4.69, 9.17) is 21.1 Å². The van der Waals surface area contributed by atoms with E-state index in [0.29, 0.717) is 55.6 Å². The molecule has 1 atom stereocenters. The van der Waals surface area contributed by atoms with E-state index in [2.05, 4.69) is 4.98 Å². The molecule has 3 heterocycles. The molecule has 1 fully saturated rings. The Labute approximate surface area is 212 Å². The fourth-order valence-electron chi connectivity index (χ4n) is 4.63. The molecular weight excluding hydrogens is 482 g/mol. The minimum atomic E-state index is -0.384. The standard InChI is InChI=1S/C27H24ClN3O5/c1-14-9-23(36-22-6-5-16(35-4)11-20(22)28)18(12-21(14)31-24(32)10-15(2)27(31)34)19-13-30(3)25-17(19)7-8-29-26(25)33/h5-9,11-13,15H,10H2,1-4H3,(H,29,33). The summed E-state index contributed by atoms with van der Waals surface area (Å²) in [7, 11) is 3.34. The van der Waals surface area contributed by atoms with Gasteiger partial charge in [-0.05, 0) is 42.8 Å². The Hall–Kier alpha value is -4.04. The summed E-state index contributed by atoms with van der Waals surface area (Å²) in [6.45, 7) is 3.57. The van der Waals surface area contributed by atoms with Gasteiger partial charge in [-0.3, -0.25) is 19.3 Å². The van der Waals surface area contributed by atoms with Crippen LogP contribution in [0.1, 0.15) is 18.9 Å². The number of nitrogens with one attached hydrogen (secondary N) is 1. The van der Waals surface area contributed by atoms with Gasteiger partial charge in [0.15, 0.2) is 0 Å². The van der Waals surface area contributed by atoms with Crippen LogP contribution < -0.4 is 19.9 Å². The SMILES string of the molecule is COc1ccc(Oc2cc(C)c(N3C(=O)CC(C)C3=O)cc2-c2cn(C)c3c(=O)[nH]ccc23)c(Cl)c1. The lowest BCUT2D eigenvalue weighted by atomic mass is 10.0. The molecule has 0 bridgehead atoms. The van der Waals surface area contributed by atoms with Crippen molar-refractivity contribution in [1.29, 1.82) is 0 Å². The number of amides is 2. The van der Waals surface area contributed by atoms with Crippen LogP contribution in [-0.4, -0.2) is 28.5 Å². The summed E-state index contributed by atoms with van der Waals surface area (Å²) in [4.78, 5) is 42.1. The predicted octanol–water partition coefficient (Wildman–Crippen LogP) is 5.20. The second-order valence-corrected chi connectivity index (χ2v) is 9.34. The van der Waals surface area contributed by atoms with Crippen LogP contribution in [-0.2, 0) is 16.6 Å². The van der Waals surface area contributed by atoms with Gasteiger partial charge in [0.05, 0.1) is 17.8 Å². The number of imide groups is 1. The van der Waals surface area contributed by atoms with Crippen molar-refractivity contribution in [1.82, 2.24) is 9.55 Å². The summed E-state index contributed by atoms with van der Waals surface area (Å²) in [5.41, 5.74) is 2.76. The van der Waals surface area contributed by atoms with Crippen LogP contribution in [0.3, 0.4) is 0 Å². The van der Waals surface area contributed by atoms with Gasteiger partial charge >= 0.3 is 0 Å². The number of rotatable bonds is 5. The number of hydrogen-bond donors (Lipinski definition) is 1. The van der Waals surface area contributed by atoms with Crippen molar-refractivity contribution in [2.24, 2.45) is 13.0 Å². The van der Waals surface area contributed by atoms with Gasteiger partial charge in [-0.1, -0.05) is 18.5 Å². The van der Waals surface area contributed by atoms with E-state index in [1.54, 1.807) is 62.2 Å². The van der Waals surface area contributed by atoms with Crippen molar-refractivity contribution in [2.75, 3.05) is 12.0 Å². The summed E-state index contributed by atoms with van der Waals surface area (Å²) in [6, 6.07) is 10.5. The number of pyridine rings is 1. The third-order valence-corrected chi connectivity index (χ3v) is 6.76. The van der Waals surface area contributed by atoms with Crippen molar-refractivity contribution >= 4 is 40.0 Å². The Morgan fingerprint density at radius 2 is 1.83 bits per heavy atom. The number of anilines is 1. The van der Waals surface area contributed by atoms with Gasteiger partial charge in [0.25, 0.3) is 5.56 Å². The Morgan fingerprint density at radius 1 is 1.06 bits per heavy atom. The lowest BCUT2D eigenvalue weighted by Gasteiger charge is -2.21.